The van der Waals surface area contributed by atoms with E-state index in [1.807, 2.05) is 84.9 Å². The molecule has 3 aromatic rings. The van der Waals surface area contributed by atoms with Gasteiger partial charge in [-0.2, -0.15) is 0 Å². The molecule has 3 aromatic carbocycles. The van der Waals surface area contributed by atoms with Crippen LogP contribution in [0.2, 0.25) is 0 Å². The van der Waals surface area contributed by atoms with E-state index in [1.165, 1.54) is 6.08 Å². The fourth-order valence-corrected chi connectivity index (χ4v) is 4.51. The van der Waals surface area contributed by atoms with Gasteiger partial charge in [0, 0.05) is 23.5 Å². The monoisotopic (exact) mass is 604 g/mol. The van der Waals surface area contributed by atoms with Crippen LogP contribution in [-0.2, 0) is 20.8 Å². The Balaban J connectivity index is 1.83. The molecule has 0 aromatic heterocycles. The average Bonchev–Trinajstić information content (AvgIpc) is 2.94. The normalized spacial score (nSPS) is 11.9. The van der Waals surface area contributed by atoms with E-state index in [1.54, 1.807) is 0 Å². The summed E-state index contributed by atoms with van der Waals surface area (Å²) >= 11 is 3.46. The van der Waals surface area contributed by atoms with E-state index in [9.17, 15) is 14.4 Å². The van der Waals surface area contributed by atoms with Crippen LogP contribution in [0.25, 0.3) is 5.57 Å². The highest BCUT2D eigenvalue weighted by molar-refractivity contribution is 9.10. The molecule has 3 rings (SSSR count). The third-order valence-electron chi connectivity index (χ3n) is 6.07. The molecule has 0 aliphatic rings. The number of hydrogen-bond acceptors (Lipinski definition) is 4. The number of amides is 3. The number of carbonyl (C=O) groups excluding carboxylic acids is 3. The molecule has 0 saturated carbocycles. The molecule has 0 aliphatic carbocycles. The number of nitrogens with zero attached hydrogens (tertiary/aromatic N) is 1. The van der Waals surface area contributed by atoms with Gasteiger partial charge in [-0.3, -0.25) is 19.4 Å². The molecule has 0 aliphatic heterocycles. The number of halogens is 1. The summed E-state index contributed by atoms with van der Waals surface area (Å²) in [5.74, 6) is -1.76. The Kier molecular flexibility index (Phi) is 11.5. The predicted octanol–water partition coefficient (Wildman–Crippen LogP) is 2.63. The fourth-order valence-electron chi connectivity index (χ4n) is 4.06. The molecule has 0 spiro atoms. The quantitative estimate of drug-likeness (QED) is 0.0873. The van der Waals surface area contributed by atoms with Crippen molar-refractivity contribution < 1.29 is 14.4 Å². The summed E-state index contributed by atoms with van der Waals surface area (Å²) in [5.41, 5.74) is 19.6. The van der Waals surface area contributed by atoms with E-state index in [4.69, 9.17) is 17.2 Å². The van der Waals surface area contributed by atoms with Gasteiger partial charge in [0.05, 0.1) is 0 Å². The van der Waals surface area contributed by atoms with Gasteiger partial charge in [-0.15, -0.1) is 0 Å². The van der Waals surface area contributed by atoms with Gasteiger partial charge in [0.25, 0.3) is 0 Å². The predicted molar refractivity (Wildman–Crippen MR) is 161 cm³/mol. The Morgan fingerprint density at radius 1 is 0.800 bits per heavy atom. The molecule has 208 valence electrons. The number of nitrogens with one attached hydrogen (secondary N) is 2. The van der Waals surface area contributed by atoms with Gasteiger partial charge in [0.15, 0.2) is 5.96 Å². The second-order valence-corrected chi connectivity index (χ2v) is 9.91. The van der Waals surface area contributed by atoms with Gasteiger partial charge in [-0.05, 0) is 41.2 Å². The van der Waals surface area contributed by atoms with Crippen molar-refractivity contribution in [3.8, 4) is 0 Å². The van der Waals surface area contributed by atoms with Gasteiger partial charge < -0.3 is 27.8 Å². The van der Waals surface area contributed by atoms with Crippen molar-refractivity contribution in [1.82, 2.24) is 10.6 Å². The number of rotatable bonds is 13. The highest BCUT2D eigenvalue weighted by Crippen LogP contribution is 2.23. The lowest BCUT2D eigenvalue weighted by Crippen LogP contribution is -2.53. The Hall–Kier alpha value is -4.44. The summed E-state index contributed by atoms with van der Waals surface area (Å²) < 4.78 is 0.789. The Labute approximate surface area is 242 Å². The van der Waals surface area contributed by atoms with Crippen molar-refractivity contribution in [2.75, 3.05) is 6.54 Å². The molecular formula is C30H33BrN6O3. The van der Waals surface area contributed by atoms with E-state index in [-0.39, 0.29) is 25.3 Å². The Morgan fingerprint density at radius 3 is 1.93 bits per heavy atom. The molecular weight excluding hydrogens is 572 g/mol. The molecule has 10 heteroatoms. The number of aliphatic imine (C=N–C) groups is 1. The van der Waals surface area contributed by atoms with E-state index in [0.29, 0.717) is 12.0 Å². The first-order chi connectivity index (χ1) is 19.2. The van der Waals surface area contributed by atoms with Crippen molar-refractivity contribution >= 4 is 45.2 Å². The van der Waals surface area contributed by atoms with Gasteiger partial charge in [-0.25, -0.2) is 0 Å². The number of carbonyl (C=O) groups is 3. The van der Waals surface area contributed by atoms with E-state index >= 15 is 0 Å². The Bertz CT molecular complexity index is 1320. The molecule has 0 fully saturated rings. The van der Waals surface area contributed by atoms with Crippen LogP contribution in [-0.4, -0.2) is 42.3 Å². The van der Waals surface area contributed by atoms with Crippen LogP contribution in [0.15, 0.2) is 100 Å². The lowest BCUT2D eigenvalue weighted by atomic mass is 9.97. The van der Waals surface area contributed by atoms with Gasteiger partial charge in [-0.1, -0.05) is 94.8 Å². The minimum atomic E-state index is -0.983. The van der Waals surface area contributed by atoms with Crippen LogP contribution < -0.4 is 27.8 Å². The van der Waals surface area contributed by atoms with Crippen molar-refractivity contribution in [2.45, 2.75) is 31.3 Å². The molecule has 40 heavy (non-hydrogen) atoms. The zero-order valence-electron chi connectivity index (χ0n) is 21.9. The van der Waals surface area contributed by atoms with Crippen LogP contribution >= 0.6 is 15.9 Å². The standard InChI is InChI=1S/C30H33BrN6O3/c31-24-15-8-7-14-22(24)18-26(28(32)39)37-29(40)25(16-9-17-35-30(33)34)36-27(38)19-23(20-10-3-1-4-11-20)21-12-5-2-6-13-21/h1-8,10-15,19,25-26H,9,16-18H2,(H2,32,39)(H,36,38)(H,37,40)(H4,33,34,35)/t25-,26-/m1/s1. The minimum Gasteiger partial charge on any atom is -0.370 e. The first-order valence-electron chi connectivity index (χ1n) is 12.8. The van der Waals surface area contributed by atoms with Crippen molar-refractivity contribution in [3.05, 3.63) is 112 Å². The summed E-state index contributed by atoms with van der Waals surface area (Å²) in [6, 6.07) is 24.4. The average molecular weight is 606 g/mol. The van der Waals surface area contributed by atoms with E-state index in [2.05, 4.69) is 31.6 Å². The maximum Gasteiger partial charge on any atom is 0.245 e. The van der Waals surface area contributed by atoms with Crippen LogP contribution in [0, 0.1) is 0 Å². The first-order valence-corrected chi connectivity index (χ1v) is 13.6. The fraction of sp³-hybridized carbons (Fsp3) is 0.200. The first kappa shape index (κ1) is 30.1. The second kappa shape index (κ2) is 15.2. The molecule has 8 N–H and O–H groups in total. The Morgan fingerprint density at radius 2 is 1.38 bits per heavy atom. The van der Waals surface area contributed by atoms with Gasteiger partial charge in [0.1, 0.15) is 12.1 Å². The van der Waals surface area contributed by atoms with E-state index in [0.717, 1.165) is 21.2 Å². The van der Waals surface area contributed by atoms with Crippen LogP contribution in [0.5, 0.6) is 0 Å². The SMILES string of the molecule is NC(=O)[C@@H](Cc1ccccc1Br)NC(=O)[C@@H](CCCN=C(N)N)NC(=O)C=C(c1ccccc1)c1ccccc1. The number of nitrogens with two attached hydrogens (primary N) is 3. The highest BCUT2D eigenvalue weighted by atomic mass is 79.9. The van der Waals surface area contributed by atoms with Crippen molar-refractivity contribution in [1.29, 1.82) is 0 Å². The maximum atomic E-state index is 13.4. The number of guanidine groups is 1. The van der Waals surface area contributed by atoms with Crippen LogP contribution in [0.1, 0.15) is 29.5 Å². The lowest BCUT2D eigenvalue weighted by molar-refractivity contribution is -0.130. The van der Waals surface area contributed by atoms with Crippen LogP contribution in [0.4, 0.5) is 0 Å². The largest absolute Gasteiger partial charge is 0.370 e. The summed E-state index contributed by atoms with van der Waals surface area (Å²) in [6.07, 6.45) is 2.29. The summed E-state index contributed by atoms with van der Waals surface area (Å²) in [7, 11) is 0. The topological polar surface area (TPSA) is 166 Å². The highest BCUT2D eigenvalue weighted by Gasteiger charge is 2.26. The zero-order valence-corrected chi connectivity index (χ0v) is 23.5. The molecule has 0 radical (unpaired) electrons. The van der Waals surface area contributed by atoms with Gasteiger partial charge >= 0.3 is 0 Å². The smallest absolute Gasteiger partial charge is 0.245 e. The molecule has 0 saturated heterocycles. The third-order valence-corrected chi connectivity index (χ3v) is 6.84. The second-order valence-electron chi connectivity index (χ2n) is 9.06. The van der Waals surface area contributed by atoms with Crippen molar-refractivity contribution in [2.24, 2.45) is 22.2 Å². The molecule has 0 unspecified atom stereocenters. The molecule has 9 nitrogen and oxygen atoms in total. The molecule has 0 heterocycles. The molecule has 0 bridgehead atoms. The number of benzene rings is 3. The van der Waals surface area contributed by atoms with Crippen LogP contribution in [0.3, 0.4) is 0 Å². The van der Waals surface area contributed by atoms with E-state index < -0.39 is 29.8 Å². The summed E-state index contributed by atoms with van der Waals surface area (Å²) in [6.45, 7) is 0.271. The summed E-state index contributed by atoms with van der Waals surface area (Å²) in [5, 5.41) is 5.50. The number of hydrogen-bond donors (Lipinski definition) is 5. The zero-order chi connectivity index (χ0) is 28.9. The molecule has 3 amide bonds. The lowest BCUT2D eigenvalue weighted by Gasteiger charge is -2.22. The minimum absolute atomic E-state index is 0.0643. The summed E-state index contributed by atoms with van der Waals surface area (Å²) in [4.78, 5) is 42.8. The van der Waals surface area contributed by atoms with Crippen molar-refractivity contribution in [3.63, 3.8) is 0 Å². The number of primary amides is 1. The third kappa shape index (κ3) is 9.39. The molecule has 2 atom stereocenters. The van der Waals surface area contributed by atoms with Gasteiger partial charge in [0.2, 0.25) is 17.7 Å². The maximum absolute atomic E-state index is 13.4.